The Labute approximate surface area is 127 Å². The first-order valence-corrected chi connectivity index (χ1v) is 7.19. The molecule has 0 aliphatic heterocycles. The third-order valence-electron chi connectivity index (χ3n) is 2.85. The monoisotopic (exact) mass is 389 g/mol. The highest BCUT2D eigenvalue weighted by molar-refractivity contribution is 9.11. The summed E-state index contributed by atoms with van der Waals surface area (Å²) in [5.41, 5.74) is 1.11. The van der Waals surface area contributed by atoms with E-state index in [-0.39, 0.29) is 5.56 Å². The summed E-state index contributed by atoms with van der Waals surface area (Å²) in [5, 5.41) is 3.01. The summed E-state index contributed by atoms with van der Waals surface area (Å²) in [6, 6.07) is 9.37. The van der Waals surface area contributed by atoms with Gasteiger partial charge in [0.1, 0.15) is 0 Å². The second-order valence-electron chi connectivity index (χ2n) is 4.03. The maximum Gasteiger partial charge on any atom is 0.163 e. The SMILES string of the molecule is CNC(c1cc(Br)ccc1Br)c1cccc(F)c1F. The topological polar surface area (TPSA) is 12.0 Å². The quantitative estimate of drug-likeness (QED) is 0.793. The van der Waals surface area contributed by atoms with E-state index in [2.05, 4.69) is 37.2 Å². The summed E-state index contributed by atoms with van der Waals surface area (Å²) in [4.78, 5) is 0. The van der Waals surface area contributed by atoms with Crippen molar-refractivity contribution in [2.45, 2.75) is 6.04 Å². The van der Waals surface area contributed by atoms with Crippen molar-refractivity contribution in [3.63, 3.8) is 0 Å². The minimum atomic E-state index is -0.844. The first kappa shape index (κ1) is 14.6. The molecule has 2 aromatic carbocycles. The highest BCUT2D eigenvalue weighted by Crippen LogP contribution is 2.32. The van der Waals surface area contributed by atoms with Gasteiger partial charge in [-0.05, 0) is 36.9 Å². The molecule has 1 atom stereocenters. The van der Waals surface area contributed by atoms with Gasteiger partial charge in [-0.15, -0.1) is 0 Å². The van der Waals surface area contributed by atoms with E-state index in [9.17, 15) is 8.78 Å². The van der Waals surface area contributed by atoms with Gasteiger partial charge in [0, 0.05) is 14.5 Å². The second-order valence-corrected chi connectivity index (χ2v) is 5.80. The first-order chi connectivity index (χ1) is 9.04. The van der Waals surface area contributed by atoms with Crippen LogP contribution in [0.3, 0.4) is 0 Å². The maximum absolute atomic E-state index is 13.9. The van der Waals surface area contributed by atoms with E-state index >= 15 is 0 Å². The highest BCUT2D eigenvalue weighted by atomic mass is 79.9. The summed E-state index contributed by atoms with van der Waals surface area (Å²) >= 11 is 6.82. The lowest BCUT2D eigenvalue weighted by Gasteiger charge is -2.19. The van der Waals surface area contributed by atoms with Crippen LogP contribution in [0.1, 0.15) is 17.2 Å². The van der Waals surface area contributed by atoms with E-state index in [1.165, 1.54) is 6.07 Å². The molecule has 1 unspecified atom stereocenters. The molecule has 5 heteroatoms. The van der Waals surface area contributed by atoms with Gasteiger partial charge < -0.3 is 5.32 Å². The van der Waals surface area contributed by atoms with Crippen molar-refractivity contribution in [3.8, 4) is 0 Å². The molecule has 19 heavy (non-hydrogen) atoms. The average Bonchev–Trinajstić information content (AvgIpc) is 2.39. The molecule has 0 aliphatic rings. The van der Waals surface area contributed by atoms with Crippen LogP contribution in [0, 0.1) is 11.6 Å². The highest BCUT2D eigenvalue weighted by Gasteiger charge is 2.20. The zero-order chi connectivity index (χ0) is 14.0. The van der Waals surface area contributed by atoms with Crippen LogP contribution in [0.15, 0.2) is 45.3 Å². The molecular weight excluding hydrogens is 380 g/mol. The van der Waals surface area contributed by atoms with E-state index < -0.39 is 17.7 Å². The molecule has 0 saturated heterocycles. The van der Waals surface area contributed by atoms with Gasteiger partial charge in [0.05, 0.1) is 6.04 Å². The van der Waals surface area contributed by atoms with Gasteiger partial charge in [-0.2, -0.15) is 0 Å². The second kappa shape index (κ2) is 6.11. The standard InChI is InChI=1S/C14H11Br2F2N/c1-19-14(9-3-2-4-12(17)13(9)18)10-7-8(15)5-6-11(10)16/h2-7,14,19H,1H3. The van der Waals surface area contributed by atoms with Crippen LogP contribution in [0.4, 0.5) is 8.78 Å². The molecule has 0 aromatic heterocycles. The Balaban J connectivity index is 2.56. The minimum Gasteiger partial charge on any atom is -0.309 e. The number of benzene rings is 2. The number of rotatable bonds is 3. The molecule has 100 valence electrons. The summed E-state index contributed by atoms with van der Waals surface area (Å²) in [5.74, 6) is -1.67. The molecule has 0 heterocycles. The number of nitrogens with one attached hydrogen (secondary N) is 1. The van der Waals surface area contributed by atoms with Crippen LogP contribution >= 0.6 is 31.9 Å². The van der Waals surface area contributed by atoms with Gasteiger partial charge in [-0.1, -0.05) is 44.0 Å². The first-order valence-electron chi connectivity index (χ1n) is 5.60. The Hall–Kier alpha value is -0.780. The van der Waals surface area contributed by atoms with Crippen molar-refractivity contribution < 1.29 is 8.78 Å². The van der Waals surface area contributed by atoms with Crippen LogP contribution in [0.2, 0.25) is 0 Å². The van der Waals surface area contributed by atoms with Crippen molar-refractivity contribution >= 4 is 31.9 Å². The van der Waals surface area contributed by atoms with Crippen molar-refractivity contribution in [1.29, 1.82) is 0 Å². The van der Waals surface area contributed by atoms with Crippen LogP contribution in [0.5, 0.6) is 0 Å². The molecule has 0 bridgehead atoms. The van der Waals surface area contributed by atoms with Crippen LogP contribution < -0.4 is 5.32 Å². The molecule has 1 N–H and O–H groups in total. The third kappa shape index (κ3) is 3.04. The molecule has 2 rings (SSSR count). The van der Waals surface area contributed by atoms with Crippen LogP contribution in [-0.4, -0.2) is 7.05 Å². The van der Waals surface area contributed by atoms with Gasteiger partial charge in [0.2, 0.25) is 0 Å². The summed E-state index contributed by atoms with van der Waals surface area (Å²) in [7, 11) is 1.71. The minimum absolute atomic E-state index is 0.279. The fraction of sp³-hybridized carbons (Fsp3) is 0.143. The van der Waals surface area contributed by atoms with Gasteiger partial charge in [-0.25, -0.2) is 8.78 Å². The molecule has 0 saturated carbocycles. The fourth-order valence-electron chi connectivity index (χ4n) is 1.96. The maximum atomic E-state index is 13.9. The molecule has 0 fully saturated rings. The van der Waals surface area contributed by atoms with Crippen molar-refractivity contribution in [2.75, 3.05) is 7.05 Å². The molecule has 0 radical (unpaired) electrons. The number of hydrogen-bond donors (Lipinski definition) is 1. The Morgan fingerprint density at radius 2 is 1.79 bits per heavy atom. The Kier molecular flexibility index (Phi) is 4.71. The largest absolute Gasteiger partial charge is 0.309 e. The zero-order valence-electron chi connectivity index (χ0n) is 10.1. The third-order valence-corrected chi connectivity index (χ3v) is 4.07. The molecular formula is C14H11Br2F2N. The van der Waals surface area contributed by atoms with Gasteiger partial charge in [-0.3, -0.25) is 0 Å². The lowest BCUT2D eigenvalue weighted by atomic mass is 9.98. The average molecular weight is 391 g/mol. The van der Waals surface area contributed by atoms with E-state index in [0.29, 0.717) is 0 Å². The van der Waals surface area contributed by atoms with E-state index in [1.54, 1.807) is 13.1 Å². The Morgan fingerprint density at radius 1 is 1.05 bits per heavy atom. The summed E-state index contributed by atoms with van der Waals surface area (Å²) < 4.78 is 29.0. The number of hydrogen-bond acceptors (Lipinski definition) is 1. The van der Waals surface area contributed by atoms with E-state index in [1.807, 2.05) is 18.2 Å². The molecule has 0 amide bonds. The van der Waals surface area contributed by atoms with Crippen LogP contribution in [-0.2, 0) is 0 Å². The van der Waals surface area contributed by atoms with Crippen LogP contribution in [0.25, 0.3) is 0 Å². The van der Waals surface area contributed by atoms with Crippen molar-refractivity contribution in [1.82, 2.24) is 5.32 Å². The van der Waals surface area contributed by atoms with Gasteiger partial charge in [0.15, 0.2) is 11.6 Å². The molecule has 1 nitrogen and oxygen atoms in total. The molecule has 0 aliphatic carbocycles. The summed E-state index contributed by atoms with van der Waals surface area (Å²) in [6.07, 6.45) is 0. The Morgan fingerprint density at radius 3 is 2.47 bits per heavy atom. The van der Waals surface area contributed by atoms with Crippen molar-refractivity contribution in [3.05, 3.63) is 68.1 Å². The normalized spacial score (nSPS) is 12.5. The predicted molar refractivity (Wildman–Crippen MR) is 79.1 cm³/mol. The van der Waals surface area contributed by atoms with E-state index in [4.69, 9.17) is 0 Å². The number of halogens is 4. The fourth-order valence-corrected chi connectivity index (χ4v) is 2.81. The lowest BCUT2D eigenvalue weighted by molar-refractivity contribution is 0.487. The Bertz CT molecular complexity index is 600. The van der Waals surface area contributed by atoms with Gasteiger partial charge >= 0.3 is 0 Å². The molecule has 0 spiro atoms. The molecule has 2 aromatic rings. The van der Waals surface area contributed by atoms with E-state index in [0.717, 1.165) is 20.6 Å². The summed E-state index contributed by atoms with van der Waals surface area (Å²) in [6.45, 7) is 0. The van der Waals surface area contributed by atoms with Crippen molar-refractivity contribution in [2.24, 2.45) is 0 Å². The lowest BCUT2D eigenvalue weighted by Crippen LogP contribution is -2.20. The predicted octanol–water partition coefficient (Wildman–Crippen LogP) is 4.80. The zero-order valence-corrected chi connectivity index (χ0v) is 13.2. The van der Waals surface area contributed by atoms with Gasteiger partial charge in [0.25, 0.3) is 0 Å². The smallest absolute Gasteiger partial charge is 0.163 e.